The van der Waals surface area contributed by atoms with Gasteiger partial charge in [0.1, 0.15) is 6.04 Å². The highest BCUT2D eigenvalue weighted by atomic mass is 16.4. The van der Waals surface area contributed by atoms with E-state index in [2.05, 4.69) is 11.7 Å². The van der Waals surface area contributed by atoms with Crippen molar-refractivity contribution < 1.29 is 19.5 Å². The highest BCUT2D eigenvalue weighted by Crippen LogP contribution is 2.24. The van der Waals surface area contributed by atoms with Crippen LogP contribution in [0.5, 0.6) is 0 Å². The van der Waals surface area contributed by atoms with Crippen LogP contribution in [0.4, 0.5) is 0 Å². The molecule has 1 heterocycles. The van der Waals surface area contributed by atoms with Gasteiger partial charge in [0, 0.05) is 12.5 Å². The van der Waals surface area contributed by atoms with E-state index in [1.54, 1.807) is 0 Å². The van der Waals surface area contributed by atoms with Crippen LogP contribution in [-0.2, 0) is 9.59 Å². The van der Waals surface area contributed by atoms with Crippen LogP contribution >= 0.6 is 0 Å². The third kappa shape index (κ3) is 3.75. The van der Waals surface area contributed by atoms with E-state index in [1.165, 1.54) is 0 Å². The number of likely N-dealkylation sites (tertiary alicyclic amines) is 1. The predicted octanol–water partition coefficient (Wildman–Crippen LogP) is 0.821. The number of unbranched alkanes of at least 4 members (excludes halogenated alkanes) is 2. The summed E-state index contributed by atoms with van der Waals surface area (Å²) in [4.78, 5) is 27.2. The zero-order chi connectivity index (χ0) is 13.5. The van der Waals surface area contributed by atoms with Crippen molar-refractivity contribution in [2.45, 2.75) is 38.6 Å². The van der Waals surface area contributed by atoms with Crippen molar-refractivity contribution in [3.63, 3.8) is 0 Å². The summed E-state index contributed by atoms with van der Waals surface area (Å²) < 4.78 is 0. The van der Waals surface area contributed by atoms with Gasteiger partial charge in [-0.1, -0.05) is 19.8 Å². The van der Waals surface area contributed by atoms with Crippen molar-refractivity contribution in [1.29, 1.82) is 0 Å². The fourth-order valence-corrected chi connectivity index (χ4v) is 2.34. The van der Waals surface area contributed by atoms with E-state index >= 15 is 0 Å². The van der Waals surface area contributed by atoms with Gasteiger partial charge in [-0.2, -0.15) is 4.79 Å². The second-order valence-corrected chi connectivity index (χ2v) is 4.64. The van der Waals surface area contributed by atoms with E-state index < -0.39 is 12.0 Å². The van der Waals surface area contributed by atoms with Crippen LogP contribution in [0, 0.1) is 5.92 Å². The topological polar surface area (TPSA) is 94.0 Å². The van der Waals surface area contributed by atoms with E-state index in [9.17, 15) is 9.59 Å². The Bertz CT molecular complexity index is 364. The highest BCUT2D eigenvalue weighted by Gasteiger charge is 2.39. The Balaban J connectivity index is 2.62. The van der Waals surface area contributed by atoms with E-state index in [0.29, 0.717) is 19.5 Å². The number of aliphatic carboxylic acids is 1. The molecule has 1 fully saturated rings. The van der Waals surface area contributed by atoms with E-state index in [0.717, 1.165) is 25.5 Å². The molecule has 0 saturated carbocycles. The first-order valence-electron chi connectivity index (χ1n) is 6.28. The van der Waals surface area contributed by atoms with Crippen molar-refractivity contribution in [2.24, 2.45) is 5.92 Å². The number of hydrogen-bond donors (Lipinski definition) is 1. The summed E-state index contributed by atoms with van der Waals surface area (Å²) in [6, 6.07) is -0.595. The maximum atomic E-state index is 11.6. The molecule has 1 aliphatic rings. The Morgan fingerprint density at radius 1 is 1.50 bits per heavy atom. The van der Waals surface area contributed by atoms with Gasteiger partial charge in [0.2, 0.25) is 5.78 Å². The zero-order valence-corrected chi connectivity index (χ0v) is 10.6. The molecule has 0 aromatic heterocycles. The van der Waals surface area contributed by atoms with Crippen LogP contribution in [0.15, 0.2) is 0 Å². The number of ketones is 1. The number of Topliss-reactive ketones (excluding diaryl/α,β-unsaturated/α-hetero) is 1. The molecular formula is C12H19N3O3. The van der Waals surface area contributed by atoms with Gasteiger partial charge in [0.05, 0.1) is 0 Å². The van der Waals surface area contributed by atoms with Crippen LogP contribution < -0.4 is 0 Å². The van der Waals surface area contributed by atoms with Crippen LogP contribution in [0.3, 0.4) is 0 Å². The molecule has 0 radical (unpaired) electrons. The van der Waals surface area contributed by atoms with Crippen LogP contribution in [0.25, 0.3) is 5.53 Å². The molecule has 1 aliphatic heterocycles. The maximum Gasteiger partial charge on any atom is 0.323 e. The molecule has 2 atom stereocenters. The Morgan fingerprint density at radius 3 is 2.78 bits per heavy atom. The number of rotatable bonds is 7. The molecule has 0 bridgehead atoms. The minimum absolute atomic E-state index is 0.298. The molecule has 1 saturated heterocycles. The second kappa shape index (κ2) is 7.03. The van der Waals surface area contributed by atoms with Gasteiger partial charge in [-0.3, -0.25) is 14.5 Å². The Morgan fingerprint density at radius 2 is 2.22 bits per heavy atom. The molecular weight excluding hydrogens is 234 g/mol. The van der Waals surface area contributed by atoms with Gasteiger partial charge < -0.3 is 10.6 Å². The maximum absolute atomic E-state index is 11.6. The lowest BCUT2D eigenvalue weighted by molar-refractivity contribution is -0.142. The molecule has 1 N–H and O–H groups in total. The lowest BCUT2D eigenvalue weighted by Gasteiger charge is -2.20. The van der Waals surface area contributed by atoms with Gasteiger partial charge in [-0.15, -0.1) is 0 Å². The standard InChI is InChI=1S/C12H19N3O3/c1-2-3-4-5-15-8-9(11(16)7-14-13)6-10(15)12(17)18/h7,9-10H,2-6,8H2,1H3,(H,17,18). The molecule has 18 heavy (non-hydrogen) atoms. The number of carboxylic acid groups (broad SMARTS) is 1. The van der Waals surface area contributed by atoms with Crippen molar-refractivity contribution in [1.82, 2.24) is 4.90 Å². The molecule has 100 valence electrons. The van der Waals surface area contributed by atoms with Crippen molar-refractivity contribution in [2.75, 3.05) is 13.1 Å². The number of hydrogen-bond acceptors (Lipinski definition) is 3. The number of carboxylic acids is 1. The first-order valence-corrected chi connectivity index (χ1v) is 6.28. The Kier molecular flexibility index (Phi) is 5.68. The Hall–Kier alpha value is -1.52. The molecule has 6 nitrogen and oxygen atoms in total. The lowest BCUT2D eigenvalue weighted by Crippen LogP contribution is -2.36. The quantitative estimate of drug-likeness (QED) is 0.314. The third-order valence-corrected chi connectivity index (χ3v) is 3.32. The smallest absolute Gasteiger partial charge is 0.323 e. The minimum Gasteiger partial charge on any atom is -0.480 e. The normalized spacial score (nSPS) is 23.6. The fourth-order valence-electron chi connectivity index (χ4n) is 2.34. The third-order valence-electron chi connectivity index (χ3n) is 3.32. The summed E-state index contributed by atoms with van der Waals surface area (Å²) in [5.74, 6) is -1.56. The summed E-state index contributed by atoms with van der Waals surface area (Å²) in [6.45, 7) is 3.22. The van der Waals surface area contributed by atoms with Gasteiger partial charge in [0.25, 0.3) is 0 Å². The van der Waals surface area contributed by atoms with Crippen molar-refractivity contribution >= 4 is 18.0 Å². The minimum atomic E-state index is -0.886. The summed E-state index contributed by atoms with van der Waals surface area (Å²) in [5.41, 5.74) is 8.33. The van der Waals surface area contributed by atoms with Gasteiger partial charge in [0.15, 0.2) is 0 Å². The van der Waals surface area contributed by atoms with Crippen LogP contribution in [0.2, 0.25) is 0 Å². The largest absolute Gasteiger partial charge is 0.480 e. The second-order valence-electron chi connectivity index (χ2n) is 4.64. The molecule has 1 rings (SSSR count). The van der Waals surface area contributed by atoms with E-state index in [1.807, 2.05) is 4.90 Å². The summed E-state index contributed by atoms with van der Waals surface area (Å²) >= 11 is 0. The molecule has 0 aromatic rings. The monoisotopic (exact) mass is 253 g/mol. The number of carbonyl (C=O) groups is 2. The molecule has 0 amide bonds. The molecule has 2 unspecified atom stereocenters. The molecule has 6 heteroatoms. The van der Waals surface area contributed by atoms with Crippen LogP contribution in [0.1, 0.15) is 32.6 Å². The average molecular weight is 253 g/mol. The molecule has 0 aliphatic carbocycles. The first kappa shape index (κ1) is 14.5. The highest BCUT2D eigenvalue weighted by molar-refractivity contribution is 6.26. The van der Waals surface area contributed by atoms with Crippen LogP contribution in [-0.4, -0.2) is 51.9 Å². The van der Waals surface area contributed by atoms with Gasteiger partial charge in [-0.25, -0.2) is 0 Å². The average Bonchev–Trinajstić information content (AvgIpc) is 2.74. The lowest BCUT2D eigenvalue weighted by atomic mass is 10.0. The molecule has 0 spiro atoms. The predicted molar refractivity (Wildman–Crippen MR) is 65.3 cm³/mol. The SMILES string of the molecule is CCCCCN1CC(C(=O)C=[N+]=[N-])CC1C(=O)O. The first-order chi connectivity index (χ1) is 8.60. The number of carbonyl (C=O) groups excluding carboxylic acids is 1. The van der Waals surface area contributed by atoms with E-state index in [-0.39, 0.29) is 11.7 Å². The number of nitrogens with zero attached hydrogens (tertiary/aromatic N) is 3. The van der Waals surface area contributed by atoms with Gasteiger partial charge >= 0.3 is 12.2 Å². The summed E-state index contributed by atoms with van der Waals surface area (Å²) in [6.07, 6.45) is 4.23. The molecule has 0 aromatic carbocycles. The summed E-state index contributed by atoms with van der Waals surface area (Å²) in [7, 11) is 0. The van der Waals surface area contributed by atoms with Crippen molar-refractivity contribution in [3.8, 4) is 0 Å². The fraction of sp³-hybridized carbons (Fsp3) is 0.750. The Labute approximate surface area is 106 Å². The van der Waals surface area contributed by atoms with Gasteiger partial charge in [-0.05, 0) is 19.4 Å². The zero-order valence-electron chi connectivity index (χ0n) is 10.6. The van der Waals surface area contributed by atoms with E-state index in [4.69, 9.17) is 10.6 Å². The van der Waals surface area contributed by atoms with Crippen molar-refractivity contribution in [3.05, 3.63) is 5.53 Å². The summed E-state index contributed by atoms with van der Waals surface area (Å²) in [5, 5.41) is 9.13.